The maximum absolute atomic E-state index is 11.6. The molecule has 1 aliphatic heterocycles. The van der Waals surface area contributed by atoms with E-state index in [1.54, 1.807) is 4.90 Å². The highest BCUT2D eigenvalue weighted by molar-refractivity contribution is 5.96. The number of nitrogens with one attached hydrogen (secondary N) is 1. The number of hydrogen-bond donors (Lipinski definition) is 1. The average molecular weight is 232 g/mol. The molecular formula is C13H16N2O2. The van der Waals surface area contributed by atoms with Crippen LogP contribution in [0.4, 0.5) is 4.79 Å². The molecule has 0 aliphatic carbocycles. The van der Waals surface area contributed by atoms with E-state index in [0.29, 0.717) is 19.5 Å². The highest BCUT2D eigenvalue weighted by Gasteiger charge is 2.23. The highest BCUT2D eigenvalue weighted by Crippen LogP contribution is 2.14. The SMILES string of the molecule is CCc1ccccc1CN1CCC(=O)NC1=O. The van der Waals surface area contributed by atoms with Crippen LogP contribution in [-0.2, 0) is 17.8 Å². The number of aryl methyl sites for hydroxylation is 1. The normalized spacial score (nSPS) is 15.9. The molecule has 0 radical (unpaired) electrons. The van der Waals surface area contributed by atoms with Crippen molar-refractivity contribution in [3.05, 3.63) is 35.4 Å². The first-order valence-electron chi connectivity index (χ1n) is 5.86. The van der Waals surface area contributed by atoms with E-state index in [9.17, 15) is 9.59 Å². The fourth-order valence-corrected chi connectivity index (χ4v) is 2.01. The maximum Gasteiger partial charge on any atom is 0.324 e. The second-order valence-corrected chi connectivity index (χ2v) is 4.15. The number of carbonyl (C=O) groups excluding carboxylic acids is 2. The molecule has 0 atom stereocenters. The standard InChI is InChI=1S/C13H16N2O2/c1-2-10-5-3-4-6-11(10)9-15-8-7-12(16)14-13(15)17/h3-6H,2,7-9H2,1H3,(H,14,16,17). The van der Waals surface area contributed by atoms with Crippen molar-refractivity contribution in [2.24, 2.45) is 0 Å². The fraction of sp³-hybridized carbons (Fsp3) is 0.385. The zero-order chi connectivity index (χ0) is 12.3. The fourth-order valence-electron chi connectivity index (χ4n) is 2.01. The van der Waals surface area contributed by atoms with E-state index in [2.05, 4.69) is 18.3 Å². The van der Waals surface area contributed by atoms with Crippen molar-refractivity contribution in [3.8, 4) is 0 Å². The molecule has 4 heteroatoms. The molecule has 0 aromatic heterocycles. The molecule has 0 unspecified atom stereocenters. The van der Waals surface area contributed by atoms with E-state index in [-0.39, 0.29) is 11.9 Å². The number of rotatable bonds is 3. The molecule has 0 saturated carbocycles. The van der Waals surface area contributed by atoms with Crippen molar-refractivity contribution >= 4 is 11.9 Å². The van der Waals surface area contributed by atoms with Crippen molar-refractivity contribution in [3.63, 3.8) is 0 Å². The molecule has 1 fully saturated rings. The van der Waals surface area contributed by atoms with Crippen LogP contribution in [0.1, 0.15) is 24.5 Å². The van der Waals surface area contributed by atoms with Crippen molar-refractivity contribution in [1.82, 2.24) is 10.2 Å². The predicted octanol–water partition coefficient (Wildman–Crippen LogP) is 1.69. The zero-order valence-electron chi connectivity index (χ0n) is 9.90. The molecule has 2 rings (SSSR count). The summed E-state index contributed by atoms with van der Waals surface area (Å²) in [7, 11) is 0. The summed E-state index contributed by atoms with van der Waals surface area (Å²) >= 11 is 0. The Kier molecular flexibility index (Phi) is 3.42. The smallest absolute Gasteiger partial charge is 0.320 e. The molecule has 1 aliphatic rings. The molecule has 0 bridgehead atoms. The van der Waals surface area contributed by atoms with Gasteiger partial charge in [-0.25, -0.2) is 4.79 Å². The van der Waals surface area contributed by atoms with E-state index < -0.39 is 0 Å². The molecule has 1 heterocycles. The Morgan fingerprint density at radius 2 is 1.94 bits per heavy atom. The maximum atomic E-state index is 11.6. The Morgan fingerprint density at radius 1 is 1.24 bits per heavy atom. The Balaban J connectivity index is 2.10. The van der Waals surface area contributed by atoms with Crippen molar-refractivity contribution < 1.29 is 9.59 Å². The van der Waals surface area contributed by atoms with Gasteiger partial charge in [-0.05, 0) is 17.5 Å². The van der Waals surface area contributed by atoms with Gasteiger partial charge < -0.3 is 4.90 Å². The first-order valence-corrected chi connectivity index (χ1v) is 5.86. The summed E-state index contributed by atoms with van der Waals surface area (Å²) in [6.07, 6.45) is 1.34. The lowest BCUT2D eigenvalue weighted by atomic mass is 10.0. The minimum atomic E-state index is -0.285. The van der Waals surface area contributed by atoms with Crippen LogP contribution in [0.25, 0.3) is 0 Å². The van der Waals surface area contributed by atoms with E-state index in [4.69, 9.17) is 0 Å². The van der Waals surface area contributed by atoms with Gasteiger partial charge in [-0.3, -0.25) is 10.1 Å². The van der Waals surface area contributed by atoms with Crippen LogP contribution in [0.2, 0.25) is 0 Å². The highest BCUT2D eigenvalue weighted by atomic mass is 16.2. The molecule has 1 aromatic rings. The minimum absolute atomic E-state index is 0.185. The van der Waals surface area contributed by atoms with Gasteiger partial charge in [-0.15, -0.1) is 0 Å². The quantitative estimate of drug-likeness (QED) is 0.862. The third kappa shape index (κ3) is 2.64. The number of nitrogens with zero attached hydrogens (tertiary/aromatic N) is 1. The molecule has 90 valence electrons. The topological polar surface area (TPSA) is 49.4 Å². The average Bonchev–Trinajstić information content (AvgIpc) is 2.33. The largest absolute Gasteiger partial charge is 0.324 e. The van der Waals surface area contributed by atoms with Crippen molar-refractivity contribution in [2.75, 3.05) is 6.54 Å². The number of benzene rings is 1. The van der Waals surface area contributed by atoms with Gasteiger partial charge in [-0.1, -0.05) is 31.2 Å². The Labute approximate surface area is 101 Å². The van der Waals surface area contributed by atoms with Crippen LogP contribution in [0.15, 0.2) is 24.3 Å². The number of carbonyl (C=O) groups is 2. The third-order valence-corrected chi connectivity index (χ3v) is 3.00. The molecule has 17 heavy (non-hydrogen) atoms. The summed E-state index contributed by atoms with van der Waals surface area (Å²) < 4.78 is 0. The first kappa shape index (κ1) is 11.6. The molecule has 1 N–H and O–H groups in total. The van der Waals surface area contributed by atoms with Crippen molar-refractivity contribution in [2.45, 2.75) is 26.3 Å². The number of imide groups is 1. The van der Waals surface area contributed by atoms with Gasteiger partial charge in [0.25, 0.3) is 0 Å². The van der Waals surface area contributed by atoms with Crippen molar-refractivity contribution in [1.29, 1.82) is 0 Å². The third-order valence-electron chi connectivity index (χ3n) is 3.00. The van der Waals surface area contributed by atoms with Gasteiger partial charge in [0, 0.05) is 19.5 Å². The summed E-state index contributed by atoms with van der Waals surface area (Å²) in [5.41, 5.74) is 2.40. The lowest BCUT2D eigenvalue weighted by Crippen LogP contribution is -2.48. The summed E-state index contributed by atoms with van der Waals surface area (Å²) in [6.45, 7) is 3.17. The van der Waals surface area contributed by atoms with Crippen LogP contribution in [0, 0.1) is 0 Å². The van der Waals surface area contributed by atoms with Crippen LogP contribution in [-0.4, -0.2) is 23.4 Å². The van der Waals surface area contributed by atoms with E-state index in [1.807, 2.05) is 18.2 Å². The van der Waals surface area contributed by atoms with Gasteiger partial charge in [0.1, 0.15) is 0 Å². The van der Waals surface area contributed by atoms with E-state index in [1.165, 1.54) is 5.56 Å². The monoisotopic (exact) mass is 232 g/mol. The van der Waals surface area contributed by atoms with Gasteiger partial charge in [0.15, 0.2) is 0 Å². The van der Waals surface area contributed by atoms with Gasteiger partial charge in [0.2, 0.25) is 5.91 Å². The lowest BCUT2D eigenvalue weighted by Gasteiger charge is -2.27. The number of urea groups is 1. The van der Waals surface area contributed by atoms with Gasteiger partial charge in [0.05, 0.1) is 0 Å². The van der Waals surface area contributed by atoms with Gasteiger partial charge >= 0.3 is 6.03 Å². The molecule has 1 aromatic carbocycles. The Hall–Kier alpha value is -1.84. The summed E-state index contributed by atoms with van der Waals surface area (Å²) in [6, 6.07) is 7.79. The van der Waals surface area contributed by atoms with E-state index >= 15 is 0 Å². The first-order chi connectivity index (χ1) is 8.20. The van der Waals surface area contributed by atoms with Crippen LogP contribution >= 0.6 is 0 Å². The molecule has 1 saturated heterocycles. The summed E-state index contributed by atoms with van der Waals surface area (Å²) in [5, 5.41) is 2.34. The number of hydrogen-bond acceptors (Lipinski definition) is 2. The predicted molar refractivity (Wildman–Crippen MR) is 64.4 cm³/mol. The molecule has 3 amide bonds. The minimum Gasteiger partial charge on any atom is -0.320 e. The van der Waals surface area contributed by atoms with Crippen LogP contribution < -0.4 is 5.32 Å². The van der Waals surface area contributed by atoms with Crippen LogP contribution in [0.3, 0.4) is 0 Å². The number of amides is 3. The zero-order valence-corrected chi connectivity index (χ0v) is 9.90. The van der Waals surface area contributed by atoms with Crippen LogP contribution in [0.5, 0.6) is 0 Å². The Bertz CT molecular complexity index is 443. The molecule has 4 nitrogen and oxygen atoms in total. The lowest BCUT2D eigenvalue weighted by molar-refractivity contribution is -0.121. The van der Waals surface area contributed by atoms with E-state index in [0.717, 1.165) is 12.0 Å². The summed E-state index contributed by atoms with van der Waals surface area (Å²) in [4.78, 5) is 24.3. The Morgan fingerprint density at radius 3 is 2.59 bits per heavy atom. The second-order valence-electron chi connectivity index (χ2n) is 4.15. The summed E-state index contributed by atoms with van der Waals surface area (Å²) in [5.74, 6) is -0.185. The second kappa shape index (κ2) is 4.99. The van der Waals surface area contributed by atoms with Gasteiger partial charge in [-0.2, -0.15) is 0 Å². The molecule has 0 spiro atoms. The molecular weight excluding hydrogens is 216 g/mol.